The van der Waals surface area contributed by atoms with Gasteiger partial charge in [0.25, 0.3) is 0 Å². The fourth-order valence-electron chi connectivity index (χ4n) is 2.16. The minimum atomic E-state index is -0.551. The summed E-state index contributed by atoms with van der Waals surface area (Å²) in [4.78, 5) is 0. The van der Waals surface area contributed by atoms with Gasteiger partial charge in [0.05, 0.1) is 0 Å². The Balaban J connectivity index is 1.81. The maximum Gasteiger partial charge on any atom is 0.165 e. The highest BCUT2D eigenvalue weighted by Gasteiger charge is 2.10. The molecule has 1 aliphatic carbocycles. The van der Waals surface area contributed by atoms with Gasteiger partial charge in [0, 0.05) is 12.1 Å². The second-order valence-electron chi connectivity index (χ2n) is 4.53. The van der Waals surface area contributed by atoms with E-state index in [4.69, 9.17) is 0 Å². The molecule has 0 amide bonds. The SMILES string of the molecule is Oc1c(F)cccc1CNCC1CC=CCC1. The first-order chi connectivity index (χ1) is 8.27. The number of aromatic hydroxyl groups is 1. The lowest BCUT2D eigenvalue weighted by Gasteiger charge is -2.18. The standard InChI is InChI=1S/C14H18FNO/c15-13-8-4-7-12(14(13)17)10-16-9-11-5-2-1-3-6-11/h1-2,4,7-8,11,16-17H,3,5-6,9-10H2. The van der Waals surface area contributed by atoms with Gasteiger partial charge in [0.15, 0.2) is 11.6 Å². The topological polar surface area (TPSA) is 32.3 Å². The number of para-hydroxylation sites is 1. The molecule has 0 fully saturated rings. The summed E-state index contributed by atoms with van der Waals surface area (Å²) in [7, 11) is 0. The molecule has 0 spiro atoms. The number of hydrogen-bond donors (Lipinski definition) is 2. The molecule has 0 saturated carbocycles. The fraction of sp³-hybridized carbons (Fsp3) is 0.429. The van der Waals surface area contributed by atoms with Gasteiger partial charge in [-0.1, -0.05) is 24.3 Å². The van der Waals surface area contributed by atoms with Crippen LogP contribution in [-0.2, 0) is 6.54 Å². The highest BCUT2D eigenvalue weighted by Crippen LogP contribution is 2.21. The van der Waals surface area contributed by atoms with E-state index in [2.05, 4.69) is 17.5 Å². The molecule has 0 aromatic heterocycles. The summed E-state index contributed by atoms with van der Waals surface area (Å²) in [5, 5.41) is 12.8. The lowest BCUT2D eigenvalue weighted by Crippen LogP contribution is -2.23. The van der Waals surface area contributed by atoms with E-state index >= 15 is 0 Å². The van der Waals surface area contributed by atoms with E-state index in [-0.39, 0.29) is 5.75 Å². The van der Waals surface area contributed by atoms with Gasteiger partial charge in [0.1, 0.15) is 0 Å². The first-order valence-electron chi connectivity index (χ1n) is 6.09. The number of hydrogen-bond acceptors (Lipinski definition) is 2. The van der Waals surface area contributed by atoms with Crippen LogP contribution in [0.1, 0.15) is 24.8 Å². The van der Waals surface area contributed by atoms with Crippen molar-refractivity contribution in [3.8, 4) is 5.75 Å². The van der Waals surface area contributed by atoms with E-state index in [1.165, 1.54) is 12.5 Å². The van der Waals surface area contributed by atoms with Crippen LogP contribution < -0.4 is 5.32 Å². The summed E-state index contributed by atoms with van der Waals surface area (Å²) in [5.74, 6) is -0.121. The van der Waals surface area contributed by atoms with Crippen LogP contribution in [0.5, 0.6) is 5.75 Å². The van der Waals surface area contributed by atoms with Crippen LogP contribution in [0.4, 0.5) is 4.39 Å². The molecule has 0 saturated heterocycles. The van der Waals surface area contributed by atoms with Crippen LogP contribution in [0, 0.1) is 11.7 Å². The zero-order chi connectivity index (χ0) is 12.1. The van der Waals surface area contributed by atoms with Crippen molar-refractivity contribution < 1.29 is 9.50 Å². The second-order valence-corrected chi connectivity index (χ2v) is 4.53. The summed E-state index contributed by atoms with van der Waals surface area (Å²) in [6, 6.07) is 4.63. The molecule has 0 radical (unpaired) electrons. The van der Waals surface area contributed by atoms with Crippen LogP contribution in [0.15, 0.2) is 30.4 Å². The molecule has 2 nitrogen and oxygen atoms in total. The van der Waals surface area contributed by atoms with E-state index in [0.717, 1.165) is 19.4 Å². The van der Waals surface area contributed by atoms with Crippen LogP contribution in [0.3, 0.4) is 0 Å². The van der Waals surface area contributed by atoms with Gasteiger partial charge in [0.2, 0.25) is 0 Å². The summed E-state index contributed by atoms with van der Waals surface area (Å²) in [6.45, 7) is 1.43. The van der Waals surface area contributed by atoms with Gasteiger partial charge in [-0.05, 0) is 37.8 Å². The molecule has 0 aliphatic heterocycles. The van der Waals surface area contributed by atoms with E-state index in [1.807, 2.05) is 0 Å². The normalized spacial score (nSPS) is 19.5. The van der Waals surface area contributed by atoms with Gasteiger partial charge in [-0.3, -0.25) is 0 Å². The average molecular weight is 235 g/mol. The Hall–Kier alpha value is -1.35. The largest absolute Gasteiger partial charge is 0.505 e. The van der Waals surface area contributed by atoms with Crippen LogP contribution >= 0.6 is 0 Å². The first kappa shape index (κ1) is 12.1. The van der Waals surface area contributed by atoms with Crippen LogP contribution in [0.25, 0.3) is 0 Å². The third kappa shape index (κ3) is 3.30. The smallest absolute Gasteiger partial charge is 0.165 e. The first-order valence-corrected chi connectivity index (χ1v) is 6.09. The number of rotatable bonds is 4. The third-order valence-electron chi connectivity index (χ3n) is 3.20. The number of nitrogens with one attached hydrogen (secondary N) is 1. The monoisotopic (exact) mass is 235 g/mol. The van der Waals surface area contributed by atoms with Crippen molar-refractivity contribution in [3.63, 3.8) is 0 Å². The molecular formula is C14H18FNO. The van der Waals surface area contributed by atoms with Crippen molar-refractivity contribution in [2.75, 3.05) is 6.54 Å². The Morgan fingerprint density at radius 3 is 3.00 bits per heavy atom. The zero-order valence-corrected chi connectivity index (χ0v) is 9.82. The molecule has 2 rings (SSSR count). The Labute approximate surface area is 101 Å². The minimum Gasteiger partial charge on any atom is -0.505 e. The quantitative estimate of drug-likeness (QED) is 0.786. The molecule has 0 bridgehead atoms. The van der Waals surface area contributed by atoms with Crippen molar-refractivity contribution in [2.24, 2.45) is 5.92 Å². The Morgan fingerprint density at radius 1 is 1.35 bits per heavy atom. The van der Waals surface area contributed by atoms with Gasteiger partial charge in [-0.15, -0.1) is 0 Å². The van der Waals surface area contributed by atoms with Crippen molar-refractivity contribution in [1.82, 2.24) is 5.32 Å². The number of phenolic OH excluding ortho intramolecular Hbond substituents is 1. The Kier molecular flexibility index (Phi) is 4.15. The number of benzene rings is 1. The zero-order valence-electron chi connectivity index (χ0n) is 9.82. The van der Waals surface area contributed by atoms with Crippen LogP contribution in [-0.4, -0.2) is 11.7 Å². The number of allylic oxidation sites excluding steroid dienone is 2. The molecule has 1 aromatic carbocycles. The van der Waals surface area contributed by atoms with E-state index in [0.29, 0.717) is 18.0 Å². The minimum absolute atomic E-state index is 0.233. The molecule has 1 aliphatic rings. The molecule has 1 aromatic rings. The van der Waals surface area contributed by atoms with Crippen molar-refractivity contribution in [3.05, 3.63) is 41.7 Å². The van der Waals surface area contributed by atoms with E-state index in [1.54, 1.807) is 12.1 Å². The maximum absolute atomic E-state index is 13.1. The van der Waals surface area contributed by atoms with Crippen molar-refractivity contribution >= 4 is 0 Å². The average Bonchev–Trinajstić information content (AvgIpc) is 2.36. The van der Waals surface area contributed by atoms with Gasteiger partial charge < -0.3 is 10.4 Å². The van der Waals surface area contributed by atoms with E-state index < -0.39 is 5.82 Å². The molecule has 1 unspecified atom stereocenters. The predicted molar refractivity (Wildman–Crippen MR) is 66.3 cm³/mol. The number of halogens is 1. The lowest BCUT2D eigenvalue weighted by molar-refractivity contribution is 0.413. The Bertz CT molecular complexity index is 403. The summed E-state index contributed by atoms with van der Waals surface area (Å²) in [5.41, 5.74) is 0.622. The maximum atomic E-state index is 13.1. The molecule has 92 valence electrons. The summed E-state index contributed by atoms with van der Waals surface area (Å²) >= 11 is 0. The predicted octanol–water partition coefficient (Wildman–Crippen LogP) is 2.98. The number of phenols is 1. The molecular weight excluding hydrogens is 217 g/mol. The van der Waals surface area contributed by atoms with Crippen LogP contribution in [0.2, 0.25) is 0 Å². The van der Waals surface area contributed by atoms with Gasteiger partial charge in [-0.25, -0.2) is 4.39 Å². The Morgan fingerprint density at radius 2 is 2.24 bits per heavy atom. The van der Waals surface area contributed by atoms with Crippen molar-refractivity contribution in [2.45, 2.75) is 25.8 Å². The van der Waals surface area contributed by atoms with Crippen molar-refractivity contribution in [1.29, 1.82) is 0 Å². The molecule has 0 heterocycles. The molecule has 3 heteroatoms. The molecule has 17 heavy (non-hydrogen) atoms. The lowest BCUT2D eigenvalue weighted by atomic mass is 9.94. The molecule has 1 atom stereocenters. The highest BCUT2D eigenvalue weighted by atomic mass is 19.1. The molecule has 2 N–H and O–H groups in total. The fourth-order valence-corrected chi connectivity index (χ4v) is 2.16. The summed E-state index contributed by atoms with van der Waals surface area (Å²) < 4.78 is 13.1. The second kappa shape index (κ2) is 5.82. The van der Waals surface area contributed by atoms with Gasteiger partial charge >= 0.3 is 0 Å². The third-order valence-corrected chi connectivity index (χ3v) is 3.20. The van der Waals surface area contributed by atoms with E-state index in [9.17, 15) is 9.50 Å². The van der Waals surface area contributed by atoms with Gasteiger partial charge in [-0.2, -0.15) is 0 Å². The highest BCUT2D eigenvalue weighted by molar-refractivity contribution is 5.33. The summed E-state index contributed by atoms with van der Waals surface area (Å²) in [6.07, 6.45) is 7.91.